The molecule has 1 aromatic carbocycles. The zero-order valence-corrected chi connectivity index (χ0v) is 11.6. The van der Waals surface area contributed by atoms with Gasteiger partial charge in [-0.3, -0.25) is 0 Å². The van der Waals surface area contributed by atoms with Crippen molar-refractivity contribution in [1.82, 2.24) is 14.6 Å². The number of aryl methyl sites for hydroxylation is 1. The molecule has 0 unspecified atom stereocenters. The molecule has 0 saturated carbocycles. The Labute approximate surface area is 115 Å². The van der Waals surface area contributed by atoms with Crippen LogP contribution in [-0.2, 0) is 0 Å². The average molecular weight is 270 g/mol. The van der Waals surface area contributed by atoms with E-state index in [-0.39, 0.29) is 0 Å². The van der Waals surface area contributed by atoms with Crippen LogP contribution in [0, 0.1) is 6.92 Å². The molecule has 0 aliphatic carbocycles. The van der Waals surface area contributed by atoms with Crippen molar-refractivity contribution in [3.05, 3.63) is 48.3 Å². The van der Waals surface area contributed by atoms with Gasteiger partial charge in [0, 0.05) is 22.3 Å². The van der Waals surface area contributed by atoms with E-state index < -0.39 is 0 Å². The van der Waals surface area contributed by atoms with E-state index in [1.807, 2.05) is 23.7 Å². The number of fused-ring (bicyclic) bond motifs is 1. The summed E-state index contributed by atoms with van der Waals surface area (Å²) < 4.78 is 1.82. The minimum Gasteiger partial charge on any atom is -0.340 e. The van der Waals surface area contributed by atoms with E-state index in [4.69, 9.17) is 0 Å². The number of anilines is 2. The van der Waals surface area contributed by atoms with Crippen LogP contribution in [0.25, 0.3) is 5.65 Å². The first-order chi connectivity index (χ1) is 9.28. The molecule has 0 bridgehead atoms. The third-order valence-corrected chi connectivity index (χ3v) is 3.68. The molecule has 0 aliphatic heterocycles. The summed E-state index contributed by atoms with van der Waals surface area (Å²) >= 11 is 1.73. The van der Waals surface area contributed by atoms with Gasteiger partial charge in [0.25, 0.3) is 0 Å². The molecule has 3 aromatic rings. The van der Waals surface area contributed by atoms with Crippen molar-refractivity contribution in [2.75, 3.05) is 11.6 Å². The van der Waals surface area contributed by atoms with Crippen molar-refractivity contribution < 1.29 is 0 Å². The number of benzene rings is 1. The fraction of sp³-hybridized carbons (Fsp3) is 0.143. The van der Waals surface area contributed by atoms with Gasteiger partial charge < -0.3 is 5.32 Å². The van der Waals surface area contributed by atoms with Crippen LogP contribution in [0.5, 0.6) is 0 Å². The fourth-order valence-corrected chi connectivity index (χ4v) is 2.33. The maximum absolute atomic E-state index is 4.34. The van der Waals surface area contributed by atoms with Crippen molar-refractivity contribution >= 4 is 28.9 Å². The van der Waals surface area contributed by atoms with Crippen molar-refractivity contribution in [3.8, 4) is 0 Å². The second-order valence-corrected chi connectivity index (χ2v) is 5.13. The molecule has 1 N–H and O–H groups in total. The lowest BCUT2D eigenvalue weighted by Gasteiger charge is -2.08. The molecule has 96 valence electrons. The van der Waals surface area contributed by atoms with Crippen molar-refractivity contribution in [1.29, 1.82) is 0 Å². The highest BCUT2D eigenvalue weighted by atomic mass is 32.2. The number of aromatic nitrogens is 3. The minimum atomic E-state index is 0.880. The third kappa shape index (κ3) is 2.29. The predicted octanol–water partition coefficient (Wildman–Crippen LogP) is 3.50. The van der Waals surface area contributed by atoms with Gasteiger partial charge in [0.15, 0.2) is 5.65 Å². The number of nitrogens with one attached hydrogen (secondary N) is 1. The summed E-state index contributed by atoms with van der Waals surface area (Å²) in [6.45, 7) is 2.01. The summed E-state index contributed by atoms with van der Waals surface area (Å²) in [5.41, 5.74) is 2.99. The monoisotopic (exact) mass is 270 g/mol. The standard InChI is InChI=1S/C14H14N4S/c1-10-9-16-18-13(7-8-15-14(10)18)17-11-3-5-12(19-2)6-4-11/h3-9,17H,1-2H3. The largest absolute Gasteiger partial charge is 0.340 e. The Morgan fingerprint density at radius 1 is 1.16 bits per heavy atom. The highest BCUT2D eigenvalue weighted by Crippen LogP contribution is 2.21. The second kappa shape index (κ2) is 4.93. The molecule has 0 saturated heterocycles. The van der Waals surface area contributed by atoms with Gasteiger partial charge in [-0.1, -0.05) is 0 Å². The quantitative estimate of drug-likeness (QED) is 0.740. The van der Waals surface area contributed by atoms with Crippen LogP contribution in [0.3, 0.4) is 0 Å². The van der Waals surface area contributed by atoms with Gasteiger partial charge in [-0.25, -0.2) is 4.98 Å². The van der Waals surface area contributed by atoms with E-state index in [9.17, 15) is 0 Å². The summed E-state index contributed by atoms with van der Waals surface area (Å²) in [7, 11) is 0. The number of thioether (sulfide) groups is 1. The first-order valence-corrected chi connectivity index (χ1v) is 7.21. The molecule has 5 heteroatoms. The topological polar surface area (TPSA) is 42.2 Å². The van der Waals surface area contributed by atoms with Crippen LogP contribution >= 0.6 is 11.8 Å². The predicted molar refractivity (Wildman–Crippen MR) is 79.2 cm³/mol. The maximum atomic E-state index is 4.34. The van der Waals surface area contributed by atoms with E-state index in [0.29, 0.717) is 0 Å². The molecule has 0 fully saturated rings. The van der Waals surface area contributed by atoms with Gasteiger partial charge in [-0.2, -0.15) is 9.61 Å². The van der Waals surface area contributed by atoms with Gasteiger partial charge in [0.1, 0.15) is 5.82 Å². The van der Waals surface area contributed by atoms with Crippen LogP contribution in [0.1, 0.15) is 5.56 Å². The molecular weight excluding hydrogens is 256 g/mol. The first kappa shape index (κ1) is 12.0. The van der Waals surface area contributed by atoms with Crippen LogP contribution in [0.4, 0.5) is 11.5 Å². The smallest absolute Gasteiger partial charge is 0.160 e. The van der Waals surface area contributed by atoms with E-state index in [1.165, 1.54) is 4.90 Å². The van der Waals surface area contributed by atoms with Gasteiger partial charge in [0.2, 0.25) is 0 Å². The molecule has 0 amide bonds. The molecule has 3 rings (SSSR count). The Hall–Kier alpha value is -2.01. The molecular formula is C14H14N4S. The summed E-state index contributed by atoms with van der Waals surface area (Å²) in [4.78, 5) is 5.58. The lowest BCUT2D eigenvalue weighted by atomic mass is 10.3. The van der Waals surface area contributed by atoms with E-state index >= 15 is 0 Å². The highest BCUT2D eigenvalue weighted by molar-refractivity contribution is 7.98. The molecule has 2 heterocycles. The van der Waals surface area contributed by atoms with Crippen LogP contribution in [0.2, 0.25) is 0 Å². The lowest BCUT2D eigenvalue weighted by Crippen LogP contribution is -2.00. The summed E-state index contributed by atoms with van der Waals surface area (Å²) in [6.07, 6.45) is 5.69. The van der Waals surface area contributed by atoms with Crippen LogP contribution in [-0.4, -0.2) is 20.9 Å². The van der Waals surface area contributed by atoms with Crippen molar-refractivity contribution in [2.45, 2.75) is 11.8 Å². The second-order valence-electron chi connectivity index (χ2n) is 4.25. The van der Waals surface area contributed by atoms with Gasteiger partial charge in [0.05, 0.1) is 6.20 Å². The number of hydrogen-bond donors (Lipinski definition) is 1. The van der Waals surface area contributed by atoms with Crippen molar-refractivity contribution in [2.24, 2.45) is 0 Å². The Bertz CT molecular complexity index is 703. The molecule has 2 aromatic heterocycles. The average Bonchev–Trinajstić information content (AvgIpc) is 2.83. The van der Waals surface area contributed by atoms with E-state index in [2.05, 4.69) is 45.9 Å². The maximum Gasteiger partial charge on any atom is 0.160 e. The normalized spacial score (nSPS) is 10.8. The van der Waals surface area contributed by atoms with E-state index in [0.717, 1.165) is 22.7 Å². The van der Waals surface area contributed by atoms with Gasteiger partial charge >= 0.3 is 0 Å². The number of hydrogen-bond acceptors (Lipinski definition) is 4. The van der Waals surface area contributed by atoms with Crippen LogP contribution < -0.4 is 5.32 Å². The van der Waals surface area contributed by atoms with Crippen molar-refractivity contribution in [3.63, 3.8) is 0 Å². The lowest BCUT2D eigenvalue weighted by molar-refractivity contribution is 0.947. The number of nitrogens with zero attached hydrogens (tertiary/aromatic N) is 3. The Morgan fingerprint density at radius 2 is 1.95 bits per heavy atom. The highest BCUT2D eigenvalue weighted by Gasteiger charge is 2.05. The molecule has 0 spiro atoms. The summed E-state index contributed by atoms with van der Waals surface area (Å²) in [5.74, 6) is 0.912. The summed E-state index contributed by atoms with van der Waals surface area (Å²) in [6, 6.07) is 10.2. The summed E-state index contributed by atoms with van der Waals surface area (Å²) in [5, 5.41) is 7.70. The molecule has 4 nitrogen and oxygen atoms in total. The molecule has 0 atom stereocenters. The zero-order valence-electron chi connectivity index (χ0n) is 10.8. The van der Waals surface area contributed by atoms with Crippen LogP contribution in [0.15, 0.2) is 47.6 Å². The third-order valence-electron chi connectivity index (χ3n) is 2.94. The first-order valence-electron chi connectivity index (χ1n) is 5.98. The van der Waals surface area contributed by atoms with E-state index in [1.54, 1.807) is 18.0 Å². The van der Waals surface area contributed by atoms with Gasteiger partial charge in [-0.05, 0) is 43.5 Å². The Balaban J connectivity index is 1.96. The van der Waals surface area contributed by atoms with Gasteiger partial charge in [-0.15, -0.1) is 11.8 Å². The Kier molecular flexibility index (Phi) is 3.13. The molecule has 0 aliphatic rings. The molecule has 0 radical (unpaired) electrons. The Morgan fingerprint density at radius 3 is 2.68 bits per heavy atom. The zero-order chi connectivity index (χ0) is 13.2. The minimum absolute atomic E-state index is 0.880. The molecule has 19 heavy (non-hydrogen) atoms. The fourth-order valence-electron chi connectivity index (χ4n) is 1.92. The SMILES string of the molecule is CSc1ccc(Nc2ccnc3c(C)cnn23)cc1. The number of rotatable bonds is 3.